The van der Waals surface area contributed by atoms with Gasteiger partial charge in [-0.3, -0.25) is 0 Å². The van der Waals surface area contributed by atoms with Crippen molar-refractivity contribution in [3.8, 4) is 6.01 Å². The molecular weight excluding hydrogens is 482 g/mol. The average Bonchev–Trinajstić information content (AvgIpc) is 3.33. The molecule has 2 aromatic heterocycles. The summed E-state index contributed by atoms with van der Waals surface area (Å²) in [6, 6.07) is 7.32. The standard InChI is InChI=1S/C24H33N7O4S/c1-17(2)20-16-27-31-22(20)28-24(35-19-7-5-9-25-15-19)29-23(31)26-14-18-6-3-4-8-21(18)36(32,33)30-10-12-34-13-11-30/h3-4,6,8,16-17,19,25H,5,7,9-15H2,1-2H3,(H,26,28,29)/t19-/m1/s1. The van der Waals surface area contributed by atoms with E-state index in [4.69, 9.17) is 9.47 Å². The van der Waals surface area contributed by atoms with Gasteiger partial charge in [0.1, 0.15) is 6.10 Å². The van der Waals surface area contributed by atoms with Crippen LogP contribution in [0.3, 0.4) is 0 Å². The first-order valence-electron chi connectivity index (χ1n) is 12.5. The normalized spacial score (nSPS) is 19.6. The second-order valence-corrected chi connectivity index (χ2v) is 11.3. The Morgan fingerprint density at radius 3 is 2.78 bits per heavy atom. The SMILES string of the molecule is CC(C)c1cnn2c(NCc3ccccc3S(=O)(=O)N3CCOCC3)nc(O[C@@H]3CCCNC3)nc12. The summed E-state index contributed by atoms with van der Waals surface area (Å²) in [6.45, 7) is 7.64. The van der Waals surface area contributed by atoms with Crippen molar-refractivity contribution >= 4 is 21.6 Å². The number of morpholine rings is 1. The number of ether oxygens (including phenoxy) is 2. The number of hydrogen-bond acceptors (Lipinski definition) is 9. The van der Waals surface area contributed by atoms with Gasteiger partial charge in [-0.1, -0.05) is 32.0 Å². The predicted molar refractivity (Wildman–Crippen MR) is 135 cm³/mol. The maximum atomic E-state index is 13.4. The number of benzene rings is 1. The Balaban J connectivity index is 1.44. The van der Waals surface area contributed by atoms with Crippen LogP contribution in [0.1, 0.15) is 43.7 Å². The lowest BCUT2D eigenvalue weighted by Crippen LogP contribution is -2.41. The van der Waals surface area contributed by atoms with E-state index in [1.165, 1.54) is 4.31 Å². The molecule has 11 nitrogen and oxygen atoms in total. The van der Waals surface area contributed by atoms with Crippen molar-refractivity contribution < 1.29 is 17.9 Å². The van der Waals surface area contributed by atoms with Crippen molar-refractivity contribution in [2.75, 3.05) is 44.7 Å². The average molecular weight is 516 g/mol. The molecule has 0 amide bonds. The van der Waals surface area contributed by atoms with Crippen LogP contribution in [0.25, 0.3) is 5.65 Å². The summed E-state index contributed by atoms with van der Waals surface area (Å²) in [7, 11) is -3.65. The van der Waals surface area contributed by atoms with E-state index in [0.717, 1.165) is 31.5 Å². The minimum Gasteiger partial charge on any atom is -0.459 e. The molecule has 1 atom stereocenters. The fourth-order valence-electron chi connectivity index (χ4n) is 4.52. The lowest BCUT2D eigenvalue weighted by Gasteiger charge is -2.27. The van der Waals surface area contributed by atoms with Gasteiger partial charge in [-0.25, -0.2) is 8.42 Å². The lowest BCUT2D eigenvalue weighted by atomic mass is 10.1. The number of piperidine rings is 1. The Bertz CT molecular complexity index is 1300. The second kappa shape index (κ2) is 10.7. The molecule has 36 heavy (non-hydrogen) atoms. The smallest absolute Gasteiger partial charge is 0.322 e. The largest absolute Gasteiger partial charge is 0.459 e. The van der Waals surface area contributed by atoms with Gasteiger partial charge < -0.3 is 20.1 Å². The molecule has 2 aliphatic rings. The predicted octanol–water partition coefficient (Wildman–Crippen LogP) is 2.01. The minimum atomic E-state index is -3.65. The number of nitrogens with zero attached hydrogens (tertiary/aromatic N) is 5. The molecule has 0 aliphatic carbocycles. The Morgan fingerprint density at radius 1 is 1.22 bits per heavy atom. The zero-order valence-electron chi connectivity index (χ0n) is 20.7. The van der Waals surface area contributed by atoms with Crippen LogP contribution in [-0.4, -0.2) is 77.8 Å². The Hall–Kier alpha value is -2.80. The molecule has 2 aliphatic heterocycles. The molecule has 5 rings (SSSR count). The number of anilines is 1. The van der Waals surface area contributed by atoms with E-state index < -0.39 is 10.0 Å². The van der Waals surface area contributed by atoms with Crippen LogP contribution in [0, 0.1) is 0 Å². The van der Waals surface area contributed by atoms with Gasteiger partial charge >= 0.3 is 6.01 Å². The number of hydrogen-bond donors (Lipinski definition) is 2. The molecule has 2 saturated heterocycles. The van der Waals surface area contributed by atoms with Crippen LogP contribution in [0.2, 0.25) is 0 Å². The Morgan fingerprint density at radius 2 is 2.03 bits per heavy atom. The molecule has 0 spiro atoms. The molecule has 12 heteroatoms. The maximum Gasteiger partial charge on any atom is 0.322 e. The highest BCUT2D eigenvalue weighted by molar-refractivity contribution is 7.89. The van der Waals surface area contributed by atoms with E-state index in [1.54, 1.807) is 22.8 Å². The molecule has 194 valence electrons. The summed E-state index contributed by atoms with van der Waals surface area (Å²) in [5.74, 6) is 0.665. The van der Waals surface area contributed by atoms with Crippen molar-refractivity contribution in [1.29, 1.82) is 0 Å². The summed E-state index contributed by atoms with van der Waals surface area (Å²) in [5.41, 5.74) is 2.31. The van der Waals surface area contributed by atoms with E-state index in [1.807, 2.05) is 12.1 Å². The zero-order chi connectivity index (χ0) is 25.1. The summed E-state index contributed by atoms with van der Waals surface area (Å²) in [6.07, 6.45) is 3.77. The highest BCUT2D eigenvalue weighted by Gasteiger charge is 2.28. The number of nitrogens with one attached hydrogen (secondary N) is 2. The Kier molecular flexibility index (Phi) is 7.37. The van der Waals surface area contributed by atoms with Gasteiger partial charge in [-0.05, 0) is 36.9 Å². The summed E-state index contributed by atoms with van der Waals surface area (Å²) >= 11 is 0. The molecule has 1 aromatic carbocycles. The fourth-order valence-corrected chi connectivity index (χ4v) is 6.15. The van der Waals surface area contributed by atoms with Gasteiger partial charge in [0.2, 0.25) is 16.0 Å². The quantitative estimate of drug-likeness (QED) is 0.464. The summed E-state index contributed by atoms with van der Waals surface area (Å²) in [4.78, 5) is 9.56. The highest BCUT2D eigenvalue weighted by Crippen LogP contribution is 2.25. The van der Waals surface area contributed by atoms with Crippen molar-refractivity contribution in [2.45, 2.75) is 50.2 Å². The van der Waals surface area contributed by atoms with Crippen LogP contribution in [-0.2, 0) is 21.3 Å². The topological polar surface area (TPSA) is 123 Å². The van der Waals surface area contributed by atoms with Crippen molar-refractivity contribution in [2.24, 2.45) is 0 Å². The van der Waals surface area contributed by atoms with Crippen molar-refractivity contribution in [3.63, 3.8) is 0 Å². The van der Waals surface area contributed by atoms with Crippen LogP contribution in [0.5, 0.6) is 6.01 Å². The maximum absolute atomic E-state index is 13.4. The van der Waals surface area contributed by atoms with Gasteiger partial charge in [-0.15, -0.1) is 0 Å². The number of aromatic nitrogens is 4. The molecule has 4 heterocycles. The third-order valence-electron chi connectivity index (χ3n) is 6.52. The van der Waals surface area contributed by atoms with Gasteiger partial charge in [0.05, 0.1) is 24.3 Å². The number of fused-ring (bicyclic) bond motifs is 1. The molecular formula is C24H33N7O4S. The number of sulfonamides is 1. The van der Waals surface area contributed by atoms with E-state index in [9.17, 15) is 8.42 Å². The van der Waals surface area contributed by atoms with E-state index >= 15 is 0 Å². The molecule has 2 fully saturated rings. The van der Waals surface area contributed by atoms with Gasteiger partial charge in [-0.2, -0.15) is 23.9 Å². The zero-order valence-corrected chi connectivity index (χ0v) is 21.5. The van der Waals surface area contributed by atoms with E-state index in [-0.39, 0.29) is 29.5 Å². The molecule has 0 bridgehead atoms. The van der Waals surface area contributed by atoms with Crippen LogP contribution >= 0.6 is 0 Å². The third-order valence-corrected chi connectivity index (χ3v) is 8.52. The highest BCUT2D eigenvalue weighted by atomic mass is 32.2. The molecule has 2 N–H and O–H groups in total. The van der Waals surface area contributed by atoms with Gasteiger partial charge in [0.25, 0.3) is 0 Å². The first-order valence-corrected chi connectivity index (χ1v) is 13.9. The lowest BCUT2D eigenvalue weighted by molar-refractivity contribution is 0.0730. The summed E-state index contributed by atoms with van der Waals surface area (Å²) in [5, 5.41) is 11.1. The Labute approximate surface area is 211 Å². The third kappa shape index (κ3) is 5.17. The van der Waals surface area contributed by atoms with Gasteiger partial charge in [0.15, 0.2) is 5.65 Å². The van der Waals surface area contributed by atoms with Crippen LogP contribution in [0.4, 0.5) is 5.95 Å². The fraction of sp³-hybridized carbons (Fsp3) is 0.542. The number of rotatable bonds is 8. The molecule has 0 saturated carbocycles. The van der Waals surface area contributed by atoms with Crippen molar-refractivity contribution in [3.05, 3.63) is 41.6 Å². The molecule has 3 aromatic rings. The first-order chi connectivity index (χ1) is 17.4. The second-order valence-electron chi connectivity index (χ2n) is 9.38. The van der Waals surface area contributed by atoms with Crippen molar-refractivity contribution in [1.82, 2.24) is 29.2 Å². The first kappa shape index (κ1) is 24.9. The monoisotopic (exact) mass is 515 g/mol. The van der Waals surface area contributed by atoms with E-state index in [2.05, 4.69) is 39.5 Å². The molecule has 0 radical (unpaired) electrons. The van der Waals surface area contributed by atoms with Crippen LogP contribution < -0.4 is 15.4 Å². The molecule has 0 unspecified atom stereocenters. The van der Waals surface area contributed by atoms with E-state index in [0.29, 0.717) is 43.5 Å². The summed E-state index contributed by atoms with van der Waals surface area (Å²) < 4.78 is 41.3. The van der Waals surface area contributed by atoms with Gasteiger partial charge in [0, 0.05) is 31.7 Å². The minimum absolute atomic E-state index is 0.00105. The van der Waals surface area contributed by atoms with Crippen LogP contribution in [0.15, 0.2) is 35.4 Å².